The zero-order chi connectivity index (χ0) is 11.4. The van der Waals surface area contributed by atoms with Crippen molar-refractivity contribution >= 4 is 5.91 Å². The Labute approximate surface area is 95.2 Å². The Kier molecular flexibility index (Phi) is 3.56. The number of aromatic nitrogens is 2. The van der Waals surface area contributed by atoms with E-state index in [9.17, 15) is 4.79 Å². The van der Waals surface area contributed by atoms with Crippen LogP contribution in [0.4, 0.5) is 0 Å². The fraction of sp³-hybridized carbons (Fsp3) is 0.636. The number of carbonyl (C=O) groups is 1. The molecule has 1 atom stereocenters. The van der Waals surface area contributed by atoms with E-state index in [2.05, 4.69) is 20.2 Å². The normalized spacial score (nSPS) is 21.9. The average molecular weight is 222 g/mol. The Bertz CT molecular complexity index is 336. The topological polar surface area (TPSA) is 61.0 Å². The van der Waals surface area contributed by atoms with Crippen molar-refractivity contribution in [2.75, 3.05) is 20.1 Å². The number of H-pyrrole nitrogens is 1. The van der Waals surface area contributed by atoms with Gasteiger partial charge in [0.1, 0.15) is 5.82 Å². The summed E-state index contributed by atoms with van der Waals surface area (Å²) in [5.41, 5.74) is 0. The molecule has 5 heteroatoms. The first-order valence-corrected chi connectivity index (χ1v) is 5.72. The number of carbonyl (C=O) groups excluding carboxylic acids is 1. The lowest BCUT2D eigenvalue weighted by Crippen LogP contribution is -2.41. The predicted molar refractivity (Wildman–Crippen MR) is 60.7 cm³/mol. The third-order valence-electron chi connectivity index (χ3n) is 3.05. The third-order valence-corrected chi connectivity index (χ3v) is 3.05. The number of imidazole rings is 1. The van der Waals surface area contributed by atoms with Gasteiger partial charge in [-0.1, -0.05) is 0 Å². The summed E-state index contributed by atoms with van der Waals surface area (Å²) in [6.07, 6.45) is 5.66. The van der Waals surface area contributed by atoms with Crippen molar-refractivity contribution in [3.63, 3.8) is 0 Å². The van der Waals surface area contributed by atoms with E-state index in [4.69, 9.17) is 0 Å². The molecular formula is C11H18N4O. The summed E-state index contributed by atoms with van der Waals surface area (Å²) in [5, 5.41) is 2.73. The van der Waals surface area contributed by atoms with Crippen LogP contribution in [-0.2, 0) is 11.3 Å². The molecule has 5 nitrogen and oxygen atoms in total. The van der Waals surface area contributed by atoms with Gasteiger partial charge in [-0.15, -0.1) is 0 Å². The number of piperidine rings is 1. The van der Waals surface area contributed by atoms with Gasteiger partial charge < -0.3 is 10.3 Å². The smallest absolute Gasteiger partial charge is 0.224 e. The summed E-state index contributed by atoms with van der Waals surface area (Å²) in [7, 11) is 1.70. The van der Waals surface area contributed by atoms with Crippen LogP contribution in [0.2, 0.25) is 0 Å². The molecule has 1 fully saturated rings. The number of likely N-dealkylation sites (tertiary alicyclic amines) is 1. The maximum absolute atomic E-state index is 11.6. The van der Waals surface area contributed by atoms with Gasteiger partial charge in [-0.05, 0) is 19.4 Å². The molecule has 0 aromatic carbocycles. The van der Waals surface area contributed by atoms with Crippen LogP contribution in [0.3, 0.4) is 0 Å². The molecule has 0 saturated carbocycles. The first-order valence-electron chi connectivity index (χ1n) is 5.72. The summed E-state index contributed by atoms with van der Waals surface area (Å²) in [6.45, 7) is 2.69. The Morgan fingerprint density at radius 3 is 3.31 bits per heavy atom. The van der Waals surface area contributed by atoms with E-state index >= 15 is 0 Å². The van der Waals surface area contributed by atoms with Crippen LogP contribution in [0.1, 0.15) is 18.7 Å². The highest BCUT2D eigenvalue weighted by molar-refractivity contribution is 5.78. The van der Waals surface area contributed by atoms with Crippen LogP contribution in [0, 0.1) is 5.92 Å². The van der Waals surface area contributed by atoms with Gasteiger partial charge in [0.15, 0.2) is 0 Å². The molecule has 0 bridgehead atoms. The minimum atomic E-state index is 0.133. The Balaban J connectivity index is 1.89. The van der Waals surface area contributed by atoms with Gasteiger partial charge in [-0.25, -0.2) is 4.98 Å². The van der Waals surface area contributed by atoms with Crippen molar-refractivity contribution < 1.29 is 4.79 Å². The number of nitrogens with one attached hydrogen (secondary N) is 2. The van der Waals surface area contributed by atoms with Gasteiger partial charge in [0.25, 0.3) is 0 Å². The maximum Gasteiger partial charge on any atom is 0.224 e. The lowest BCUT2D eigenvalue weighted by molar-refractivity contribution is -0.126. The fourth-order valence-corrected chi connectivity index (χ4v) is 2.21. The summed E-state index contributed by atoms with van der Waals surface area (Å²) in [4.78, 5) is 21.1. The lowest BCUT2D eigenvalue weighted by Gasteiger charge is -2.30. The summed E-state index contributed by atoms with van der Waals surface area (Å²) in [6, 6.07) is 0. The van der Waals surface area contributed by atoms with Crippen LogP contribution < -0.4 is 5.32 Å². The maximum atomic E-state index is 11.6. The highest BCUT2D eigenvalue weighted by atomic mass is 16.1. The molecule has 1 amide bonds. The van der Waals surface area contributed by atoms with E-state index in [1.54, 1.807) is 13.2 Å². The molecule has 0 spiro atoms. The largest absolute Gasteiger partial charge is 0.359 e. The molecule has 2 rings (SSSR count). The lowest BCUT2D eigenvalue weighted by atomic mass is 9.97. The van der Waals surface area contributed by atoms with Crippen molar-refractivity contribution in [2.45, 2.75) is 19.4 Å². The van der Waals surface area contributed by atoms with Gasteiger partial charge in [0.2, 0.25) is 5.91 Å². The number of amides is 1. The summed E-state index contributed by atoms with van der Waals surface area (Å²) >= 11 is 0. The second-order valence-electron chi connectivity index (χ2n) is 4.22. The summed E-state index contributed by atoms with van der Waals surface area (Å²) < 4.78 is 0. The zero-order valence-electron chi connectivity index (χ0n) is 9.57. The van der Waals surface area contributed by atoms with Gasteiger partial charge in [0, 0.05) is 26.0 Å². The molecule has 1 aromatic heterocycles. The molecule has 1 aliphatic rings. The number of hydrogen-bond donors (Lipinski definition) is 2. The fourth-order valence-electron chi connectivity index (χ4n) is 2.21. The van der Waals surface area contributed by atoms with Gasteiger partial charge in [0.05, 0.1) is 12.5 Å². The average Bonchev–Trinajstić information content (AvgIpc) is 2.81. The quantitative estimate of drug-likeness (QED) is 0.776. The third kappa shape index (κ3) is 2.61. The van der Waals surface area contributed by atoms with Crippen LogP contribution >= 0.6 is 0 Å². The molecule has 2 N–H and O–H groups in total. The van der Waals surface area contributed by atoms with E-state index in [0.29, 0.717) is 0 Å². The minimum Gasteiger partial charge on any atom is -0.359 e. The molecule has 1 saturated heterocycles. The second kappa shape index (κ2) is 5.12. The Hall–Kier alpha value is -1.36. The summed E-state index contributed by atoms with van der Waals surface area (Å²) in [5.74, 6) is 1.26. The molecule has 0 aliphatic carbocycles. The molecule has 16 heavy (non-hydrogen) atoms. The number of aromatic amines is 1. The van der Waals surface area contributed by atoms with Crippen molar-refractivity contribution in [3.8, 4) is 0 Å². The van der Waals surface area contributed by atoms with E-state index in [1.807, 2.05) is 6.20 Å². The van der Waals surface area contributed by atoms with Crippen LogP contribution in [-0.4, -0.2) is 40.9 Å². The molecule has 0 unspecified atom stereocenters. The van der Waals surface area contributed by atoms with Gasteiger partial charge in [-0.2, -0.15) is 0 Å². The van der Waals surface area contributed by atoms with Crippen molar-refractivity contribution in [2.24, 2.45) is 5.92 Å². The number of rotatable bonds is 3. The monoisotopic (exact) mass is 222 g/mol. The highest BCUT2D eigenvalue weighted by Gasteiger charge is 2.25. The van der Waals surface area contributed by atoms with E-state index in [0.717, 1.165) is 38.3 Å². The van der Waals surface area contributed by atoms with E-state index < -0.39 is 0 Å². The highest BCUT2D eigenvalue weighted by Crippen LogP contribution is 2.17. The Morgan fingerprint density at radius 1 is 1.75 bits per heavy atom. The zero-order valence-corrected chi connectivity index (χ0v) is 9.57. The Morgan fingerprint density at radius 2 is 2.62 bits per heavy atom. The molecule has 1 aromatic rings. The SMILES string of the molecule is CNC(=O)[C@H]1CCCN(Cc2ncc[nH]2)C1. The first kappa shape index (κ1) is 11.1. The van der Waals surface area contributed by atoms with Crippen LogP contribution in [0.15, 0.2) is 12.4 Å². The standard InChI is InChI=1S/C11H18N4O/c1-12-11(16)9-3-2-6-15(7-9)8-10-13-4-5-14-10/h4-5,9H,2-3,6-8H2,1H3,(H,12,16)(H,13,14)/t9-/m0/s1. The van der Waals surface area contributed by atoms with Gasteiger partial charge in [-0.3, -0.25) is 9.69 Å². The van der Waals surface area contributed by atoms with Crippen LogP contribution in [0.5, 0.6) is 0 Å². The molecule has 1 aliphatic heterocycles. The number of nitrogens with zero attached hydrogens (tertiary/aromatic N) is 2. The number of hydrogen-bond acceptors (Lipinski definition) is 3. The van der Waals surface area contributed by atoms with Crippen molar-refractivity contribution in [1.29, 1.82) is 0 Å². The predicted octanol–water partition coefficient (Wildman–Crippen LogP) is 0.368. The van der Waals surface area contributed by atoms with Crippen molar-refractivity contribution in [3.05, 3.63) is 18.2 Å². The van der Waals surface area contributed by atoms with Crippen LogP contribution in [0.25, 0.3) is 0 Å². The molecule has 2 heterocycles. The molecule has 88 valence electrons. The van der Waals surface area contributed by atoms with Gasteiger partial charge >= 0.3 is 0 Å². The van der Waals surface area contributed by atoms with Crippen molar-refractivity contribution in [1.82, 2.24) is 20.2 Å². The molecule has 0 radical (unpaired) electrons. The minimum absolute atomic E-state index is 0.133. The molecular weight excluding hydrogens is 204 g/mol. The second-order valence-corrected chi connectivity index (χ2v) is 4.22. The van der Waals surface area contributed by atoms with E-state index in [-0.39, 0.29) is 11.8 Å². The first-order chi connectivity index (χ1) is 7.79. The van der Waals surface area contributed by atoms with E-state index in [1.165, 1.54) is 0 Å².